The van der Waals surface area contributed by atoms with Crippen molar-refractivity contribution >= 4 is 11.0 Å². The molecule has 5 nitrogen and oxygen atoms in total. The summed E-state index contributed by atoms with van der Waals surface area (Å²) < 4.78 is 3.70. The van der Waals surface area contributed by atoms with E-state index in [-0.39, 0.29) is 5.56 Å². The van der Waals surface area contributed by atoms with Crippen molar-refractivity contribution in [1.29, 1.82) is 0 Å². The summed E-state index contributed by atoms with van der Waals surface area (Å²) in [6.45, 7) is 1.10. The first-order valence-electron chi connectivity index (χ1n) is 8.53. The molecule has 1 aliphatic carbocycles. The third-order valence-electron chi connectivity index (χ3n) is 5.06. The smallest absolute Gasteiger partial charge is 0.255 e. The van der Waals surface area contributed by atoms with Gasteiger partial charge in [0.1, 0.15) is 5.65 Å². The van der Waals surface area contributed by atoms with Crippen molar-refractivity contribution in [2.75, 3.05) is 0 Å². The maximum atomic E-state index is 13.1. The first kappa shape index (κ1) is 15.1. The van der Waals surface area contributed by atoms with Crippen LogP contribution < -0.4 is 11.3 Å². The van der Waals surface area contributed by atoms with Gasteiger partial charge in [-0.2, -0.15) is 5.10 Å². The van der Waals surface area contributed by atoms with Crippen LogP contribution in [0.5, 0.6) is 0 Å². The van der Waals surface area contributed by atoms with Gasteiger partial charge < -0.3 is 5.73 Å². The summed E-state index contributed by atoms with van der Waals surface area (Å²) in [5.74, 6) is 0. The lowest BCUT2D eigenvalue weighted by molar-refractivity contribution is 0.655. The summed E-state index contributed by atoms with van der Waals surface area (Å²) in [6, 6.07) is 8.16. The zero-order valence-corrected chi connectivity index (χ0v) is 14.0. The normalized spacial score (nSPS) is 14.1. The highest BCUT2D eigenvalue weighted by Gasteiger charge is 2.21. The second-order valence-corrected chi connectivity index (χ2v) is 6.58. The molecule has 3 aromatic rings. The Morgan fingerprint density at radius 1 is 1.08 bits per heavy atom. The van der Waals surface area contributed by atoms with E-state index in [9.17, 15) is 4.79 Å². The van der Waals surface area contributed by atoms with Gasteiger partial charge in [-0.25, -0.2) is 0 Å². The molecule has 0 radical (unpaired) electrons. The summed E-state index contributed by atoms with van der Waals surface area (Å²) in [7, 11) is 1.91. The number of fused-ring (bicyclic) bond motifs is 3. The Hall–Kier alpha value is -2.40. The lowest BCUT2D eigenvalue weighted by Crippen LogP contribution is -2.29. The van der Waals surface area contributed by atoms with Gasteiger partial charge in [0.25, 0.3) is 5.56 Å². The molecule has 0 spiro atoms. The van der Waals surface area contributed by atoms with Crippen molar-refractivity contribution in [1.82, 2.24) is 14.3 Å². The summed E-state index contributed by atoms with van der Waals surface area (Å²) >= 11 is 0. The predicted molar refractivity (Wildman–Crippen MR) is 95.1 cm³/mol. The van der Waals surface area contributed by atoms with E-state index in [2.05, 4.69) is 17.2 Å². The fourth-order valence-electron chi connectivity index (χ4n) is 3.77. The molecule has 24 heavy (non-hydrogen) atoms. The minimum atomic E-state index is 0.142. The lowest BCUT2D eigenvalue weighted by atomic mass is 9.91. The molecule has 0 unspecified atom stereocenters. The van der Waals surface area contributed by atoms with E-state index >= 15 is 0 Å². The van der Waals surface area contributed by atoms with Gasteiger partial charge >= 0.3 is 0 Å². The standard InChI is InChI=1S/C19H22N4O/c1-22-18-17(11-21-22)15-4-2-3-5-16(15)19(24)23(18)12-14-8-6-13(10-20)7-9-14/h6-9,11H,2-5,10,12,20H2,1H3. The number of aryl methyl sites for hydroxylation is 2. The number of aromatic nitrogens is 3. The van der Waals surface area contributed by atoms with Crippen LogP contribution in [0.25, 0.3) is 11.0 Å². The van der Waals surface area contributed by atoms with Gasteiger partial charge in [-0.15, -0.1) is 0 Å². The van der Waals surface area contributed by atoms with Crippen LogP contribution in [0.4, 0.5) is 0 Å². The molecular formula is C19H22N4O. The molecule has 0 aliphatic heterocycles. The quantitative estimate of drug-likeness (QED) is 0.803. The molecule has 4 rings (SSSR count). The van der Waals surface area contributed by atoms with Crippen molar-refractivity contribution < 1.29 is 0 Å². The van der Waals surface area contributed by atoms with Gasteiger partial charge in [-0.05, 0) is 42.4 Å². The van der Waals surface area contributed by atoms with Crippen molar-refractivity contribution in [3.8, 4) is 0 Å². The molecule has 2 aromatic heterocycles. The number of benzene rings is 1. The average molecular weight is 322 g/mol. The second kappa shape index (κ2) is 5.91. The molecule has 2 heterocycles. The van der Waals surface area contributed by atoms with Gasteiger partial charge in [0.05, 0.1) is 12.7 Å². The second-order valence-electron chi connectivity index (χ2n) is 6.58. The first-order valence-corrected chi connectivity index (χ1v) is 8.53. The number of pyridine rings is 1. The zero-order valence-electron chi connectivity index (χ0n) is 14.0. The summed E-state index contributed by atoms with van der Waals surface area (Å²) in [5, 5.41) is 5.55. The largest absolute Gasteiger partial charge is 0.326 e. The summed E-state index contributed by atoms with van der Waals surface area (Å²) in [4.78, 5) is 13.1. The van der Waals surface area contributed by atoms with E-state index in [1.165, 1.54) is 5.56 Å². The molecular weight excluding hydrogens is 300 g/mol. The molecule has 0 fully saturated rings. The monoisotopic (exact) mass is 322 g/mol. The first-order chi connectivity index (χ1) is 11.7. The average Bonchev–Trinajstić information content (AvgIpc) is 3.01. The van der Waals surface area contributed by atoms with E-state index in [1.54, 1.807) is 0 Å². The van der Waals surface area contributed by atoms with Gasteiger partial charge in [0, 0.05) is 24.5 Å². The van der Waals surface area contributed by atoms with Crippen LogP contribution in [0.2, 0.25) is 0 Å². The highest BCUT2D eigenvalue weighted by atomic mass is 16.1. The van der Waals surface area contributed by atoms with Gasteiger partial charge in [-0.3, -0.25) is 14.0 Å². The molecule has 0 atom stereocenters. The number of rotatable bonds is 3. The van der Waals surface area contributed by atoms with Crippen LogP contribution in [0.3, 0.4) is 0 Å². The molecule has 1 aliphatic rings. The van der Waals surface area contributed by atoms with E-state index in [4.69, 9.17) is 5.73 Å². The minimum Gasteiger partial charge on any atom is -0.326 e. The Morgan fingerprint density at radius 3 is 2.46 bits per heavy atom. The molecule has 2 N–H and O–H groups in total. The molecule has 0 saturated heterocycles. The van der Waals surface area contributed by atoms with Crippen molar-refractivity contribution in [2.45, 2.75) is 38.8 Å². The minimum absolute atomic E-state index is 0.142. The fraction of sp³-hybridized carbons (Fsp3) is 0.368. The number of hydrogen-bond acceptors (Lipinski definition) is 3. The van der Waals surface area contributed by atoms with Crippen molar-refractivity contribution in [3.63, 3.8) is 0 Å². The van der Waals surface area contributed by atoms with Crippen LogP contribution in [0.1, 0.15) is 35.1 Å². The van der Waals surface area contributed by atoms with Crippen LogP contribution in [-0.2, 0) is 33.0 Å². The molecule has 0 bridgehead atoms. The summed E-state index contributed by atoms with van der Waals surface area (Å²) in [5.41, 5.74) is 11.1. The SMILES string of the molecule is Cn1ncc2c3c(c(=O)n(Cc4ccc(CN)cc4)c21)CCCC3. The van der Waals surface area contributed by atoms with Gasteiger partial charge in [0.15, 0.2) is 0 Å². The van der Waals surface area contributed by atoms with Crippen LogP contribution in [0.15, 0.2) is 35.3 Å². The van der Waals surface area contributed by atoms with E-state index in [0.29, 0.717) is 13.1 Å². The van der Waals surface area contributed by atoms with Gasteiger partial charge in [0.2, 0.25) is 0 Å². The Balaban J connectivity index is 1.89. The summed E-state index contributed by atoms with van der Waals surface area (Å²) in [6.07, 6.45) is 6.02. The maximum Gasteiger partial charge on any atom is 0.255 e. The molecule has 124 valence electrons. The maximum absolute atomic E-state index is 13.1. The van der Waals surface area contributed by atoms with Crippen molar-refractivity contribution in [2.24, 2.45) is 12.8 Å². The number of hydrogen-bond donors (Lipinski definition) is 1. The van der Waals surface area contributed by atoms with Crippen molar-refractivity contribution in [3.05, 3.63) is 63.1 Å². The van der Waals surface area contributed by atoms with Crippen LogP contribution in [-0.4, -0.2) is 14.3 Å². The Bertz CT molecular complexity index is 950. The van der Waals surface area contributed by atoms with Gasteiger partial charge in [-0.1, -0.05) is 24.3 Å². The predicted octanol–water partition coefficient (Wildman–Crippen LogP) is 2.12. The fourth-order valence-corrected chi connectivity index (χ4v) is 3.77. The Morgan fingerprint density at radius 2 is 1.75 bits per heavy atom. The zero-order chi connectivity index (χ0) is 16.7. The third kappa shape index (κ3) is 2.36. The van der Waals surface area contributed by atoms with E-state index in [1.807, 2.05) is 34.6 Å². The van der Waals surface area contributed by atoms with Crippen LogP contribution in [0, 0.1) is 0 Å². The topological polar surface area (TPSA) is 65.8 Å². The van der Waals surface area contributed by atoms with E-state index < -0.39 is 0 Å². The Labute approximate surface area is 140 Å². The molecule has 0 saturated carbocycles. The molecule has 1 aromatic carbocycles. The molecule has 0 amide bonds. The highest BCUT2D eigenvalue weighted by molar-refractivity contribution is 5.80. The van der Waals surface area contributed by atoms with Crippen LogP contribution >= 0.6 is 0 Å². The number of nitrogens with two attached hydrogens (primary N) is 1. The van der Waals surface area contributed by atoms with E-state index in [0.717, 1.165) is 53.4 Å². The number of nitrogens with zero attached hydrogens (tertiary/aromatic N) is 3. The highest BCUT2D eigenvalue weighted by Crippen LogP contribution is 2.26. The third-order valence-corrected chi connectivity index (χ3v) is 5.06. The molecule has 5 heteroatoms. The lowest BCUT2D eigenvalue weighted by Gasteiger charge is -2.19. The Kier molecular flexibility index (Phi) is 3.73.